The Morgan fingerprint density at radius 1 is 1.38 bits per heavy atom. The van der Waals surface area contributed by atoms with Crippen LogP contribution in [-0.4, -0.2) is 24.9 Å². The van der Waals surface area contributed by atoms with Crippen LogP contribution in [0.15, 0.2) is 35.2 Å². The van der Waals surface area contributed by atoms with Crippen molar-refractivity contribution < 1.29 is 27.0 Å². The Bertz CT molecular complexity index is 1050. The number of benzene rings is 2. The third kappa shape index (κ3) is 3.26. The van der Waals surface area contributed by atoms with Gasteiger partial charge in [0.15, 0.2) is 9.84 Å². The molecular weight excluding hydrogens is 388 g/mol. The van der Waals surface area contributed by atoms with Gasteiger partial charge in [0.2, 0.25) is 5.13 Å². The van der Waals surface area contributed by atoms with E-state index in [2.05, 4.69) is 0 Å². The first-order valence-electron chi connectivity index (χ1n) is 7.33. The maximum absolute atomic E-state index is 14.4. The van der Waals surface area contributed by atoms with Crippen LogP contribution in [0.4, 0.5) is 8.78 Å². The largest absolute Gasteiger partial charge is 0.457 e. The molecule has 1 aliphatic carbocycles. The maximum atomic E-state index is 14.4. The summed E-state index contributed by atoms with van der Waals surface area (Å²) in [4.78, 5) is -0.260. The first kappa shape index (κ1) is 18.6. The zero-order valence-electron chi connectivity index (χ0n) is 13.3. The molecule has 2 aromatic carbocycles. The van der Waals surface area contributed by atoms with Crippen molar-refractivity contribution in [3.05, 3.63) is 52.8 Å². The summed E-state index contributed by atoms with van der Waals surface area (Å²) in [5, 5.41) is 16.4. The Hall–Kier alpha value is -2.21. The molecule has 0 bridgehead atoms. The first-order valence-corrected chi connectivity index (χ1v) is 9.60. The Morgan fingerprint density at radius 3 is 2.69 bits per heavy atom. The Kier molecular flexibility index (Phi) is 4.43. The molecule has 2 aromatic rings. The van der Waals surface area contributed by atoms with Crippen LogP contribution in [0.1, 0.15) is 22.8 Å². The molecule has 0 spiro atoms. The Morgan fingerprint density at radius 2 is 2.08 bits per heavy atom. The molecule has 5 nitrogen and oxygen atoms in total. The summed E-state index contributed by atoms with van der Waals surface area (Å²) < 4.78 is 57.4. The summed E-state index contributed by atoms with van der Waals surface area (Å²) in [6.45, 7) is 0. The van der Waals surface area contributed by atoms with Gasteiger partial charge in [0.25, 0.3) is 0 Å². The van der Waals surface area contributed by atoms with Gasteiger partial charge in [0.05, 0.1) is 16.5 Å². The number of fused-ring (bicyclic) bond motifs is 1. The van der Waals surface area contributed by atoms with Crippen LogP contribution < -0.4 is 4.74 Å². The first-order chi connectivity index (χ1) is 12.0. The van der Waals surface area contributed by atoms with E-state index in [0.29, 0.717) is 0 Å². The number of sulfone groups is 1. The van der Waals surface area contributed by atoms with E-state index in [1.165, 1.54) is 12.1 Å². The number of hydrogen-bond donors (Lipinski definition) is 1. The van der Waals surface area contributed by atoms with Gasteiger partial charge in [-0.2, -0.15) is 5.26 Å². The summed E-state index contributed by atoms with van der Waals surface area (Å²) >= 11 is 5.68. The monoisotopic (exact) mass is 399 g/mol. The molecule has 1 aliphatic rings. The maximum Gasteiger partial charge on any atom is 0.217 e. The van der Waals surface area contributed by atoms with E-state index in [-0.39, 0.29) is 33.1 Å². The molecule has 0 radical (unpaired) electrons. The van der Waals surface area contributed by atoms with Crippen LogP contribution in [0, 0.1) is 17.1 Å². The SMILES string of the molecule is CS(=O)(=O)c1ccc(Oc2cc(F)cc(C#N)c2)c2c1[C@H](O)C(F)(Cl)C2. The van der Waals surface area contributed by atoms with Gasteiger partial charge in [-0.1, -0.05) is 11.6 Å². The third-order valence-electron chi connectivity index (χ3n) is 3.99. The molecule has 0 aliphatic heterocycles. The zero-order valence-corrected chi connectivity index (χ0v) is 14.9. The van der Waals surface area contributed by atoms with Gasteiger partial charge in [-0.25, -0.2) is 17.2 Å². The zero-order chi connectivity index (χ0) is 19.3. The highest BCUT2D eigenvalue weighted by molar-refractivity contribution is 7.90. The number of nitriles is 1. The molecule has 9 heteroatoms. The lowest BCUT2D eigenvalue weighted by Crippen LogP contribution is -2.20. The van der Waals surface area contributed by atoms with Crippen LogP contribution in [0.3, 0.4) is 0 Å². The fraction of sp³-hybridized carbons (Fsp3) is 0.235. The van der Waals surface area contributed by atoms with Gasteiger partial charge >= 0.3 is 0 Å². The van der Waals surface area contributed by atoms with E-state index in [0.717, 1.165) is 24.5 Å². The number of nitrogens with zero attached hydrogens (tertiary/aromatic N) is 1. The van der Waals surface area contributed by atoms with Gasteiger partial charge in [0.1, 0.15) is 23.4 Å². The van der Waals surface area contributed by atoms with Crippen LogP contribution in [-0.2, 0) is 16.3 Å². The second-order valence-electron chi connectivity index (χ2n) is 5.96. The van der Waals surface area contributed by atoms with Crippen molar-refractivity contribution in [3.8, 4) is 17.6 Å². The molecular formula is C17H12ClF2NO4S. The molecule has 1 unspecified atom stereocenters. The van der Waals surface area contributed by atoms with Crippen LogP contribution in [0.25, 0.3) is 0 Å². The Balaban J connectivity index is 2.15. The van der Waals surface area contributed by atoms with Crippen molar-refractivity contribution in [3.63, 3.8) is 0 Å². The number of halogens is 3. The van der Waals surface area contributed by atoms with E-state index >= 15 is 0 Å². The van der Waals surface area contributed by atoms with Gasteiger partial charge in [-0.3, -0.25) is 0 Å². The number of rotatable bonds is 3. The molecule has 1 N–H and O–H groups in total. The van der Waals surface area contributed by atoms with Gasteiger partial charge < -0.3 is 9.84 Å². The summed E-state index contributed by atoms with van der Waals surface area (Å²) in [5.41, 5.74) is -0.0956. The molecule has 0 aromatic heterocycles. The van der Waals surface area contributed by atoms with Crippen LogP contribution in [0.2, 0.25) is 0 Å². The van der Waals surface area contributed by atoms with Gasteiger partial charge in [-0.05, 0) is 24.3 Å². The number of alkyl halides is 2. The fourth-order valence-electron chi connectivity index (χ4n) is 2.88. The molecule has 0 heterocycles. The summed E-state index contributed by atoms with van der Waals surface area (Å²) in [5.74, 6) is -0.724. The predicted octanol–water partition coefficient (Wildman–Crippen LogP) is 3.39. The Labute approximate surface area is 153 Å². The number of aliphatic hydroxyl groups excluding tert-OH is 1. The lowest BCUT2D eigenvalue weighted by atomic mass is 10.1. The minimum atomic E-state index is -3.76. The number of aliphatic hydroxyl groups is 1. The lowest BCUT2D eigenvalue weighted by Gasteiger charge is -2.16. The molecule has 0 saturated heterocycles. The van der Waals surface area contributed by atoms with Crippen LogP contribution in [0.5, 0.6) is 11.5 Å². The standard InChI is InChI=1S/C17H12ClF2NO4S/c1-26(23,24)14-3-2-13(12-7-17(18,20)16(22)15(12)14)25-11-5-9(8-21)4-10(19)6-11/h2-6,16,22H,7H2,1H3/t16-,17?/m0/s1. The van der Waals surface area contributed by atoms with Gasteiger partial charge in [-0.15, -0.1) is 0 Å². The molecule has 0 saturated carbocycles. The fourth-order valence-corrected chi connectivity index (χ4v) is 4.07. The third-order valence-corrected chi connectivity index (χ3v) is 5.48. The highest BCUT2D eigenvalue weighted by Gasteiger charge is 2.48. The normalized spacial score (nSPS) is 21.9. The number of ether oxygens (including phenoxy) is 1. The predicted molar refractivity (Wildman–Crippen MR) is 89.1 cm³/mol. The minimum Gasteiger partial charge on any atom is -0.457 e. The molecule has 0 fully saturated rings. The quantitative estimate of drug-likeness (QED) is 0.799. The summed E-state index contributed by atoms with van der Waals surface area (Å²) in [6, 6.07) is 7.52. The molecule has 2 atom stereocenters. The van der Waals surface area contributed by atoms with E-state index in [1.807, 2.05) is 0 Å². The van der Waals surface area contributed by atoms with Crippen molar-refractivity contribution in [2.75, 3.05) is 6.26 Å². The molecule has 0 amide bonds. The average molecular weight is 400 g/mol. The van der Waals surface area contributed by atoms with E-state index in [1.54, 1.807) is 6.07 Å². The topological polar surface area (TPSA) is 87.4 Å². The summed E-state index contributed by atoms with van der Waals surface area (Å²) in [7, 11) is -3.76. The second-order valence-corrected chi connectivity index (χ2v) is 8.57. The van der Waals surface area contributed by atoms with E-state index in [4.69, 9.17) is 21.6 Å². The van der Waals surface area contributed by atoms with Crippen molar-refractivity contribution in [1.82, 2.24) is 0 Å². The molecule has 26 heavy (non-hydrogen) atoms. The highest BCUT2D eigenvalue weighted by atomic mass is 35.5. The molecule has 136 valence electrons. The van der Waals surface area contributed by atoms with Crippen molar-refractivity contribution in [1.29, 1.82) is 5.26 Å². The van der Waals surface area contributed by atoms with Crippen molar-refractivity contribution >= 4 is 21.4 Å². The van der Waals surface area contributed by atoms with Crippen molar-refractivity contribution in [2.45, 2.75) is 22.5 Å². The smallest absolute Gasteiger partial charge is 0.217 e. The summed E-state index contributed by atoms with van der Waals surface area (Å²) in [6.07, 6.45) is -1.44. The van der Waals surface area contributed by atoms with E-state index < -0.39 is 33.3 Å². The van der Waals surface area contributed by atoms with Crippen LogP contribution >= 0.6 is 11.6 Å². The minimum absolute atomic E-state index is 0.0149. The van der Waals surface area contributed by atoms with Crippen molar-refractivity contribution in [2.24, 2.45) is 0 Å². The van der Waals surface area contributed by atoms with Gasteiger partial charge in [0, 0.05) is 29.9 Å². The van der Waals surface area contributed by atoms with E-state index in [9.17, 15) is 22.3 Å². The second kappa shape index (κ2) is 6.20. The molecule has 3 rings (SSSR count). The highest BCUT2D eigenvalue weighted by Crippen LogP contribution is 2.50. The lowest BCUT2D eigenvalue weighted by molar-refractivity contribution is 0.0623. The average Bonchev–Trinajstić information content (AvgIpc) is 2.77. The number of hydrogen-bond acceptors (Lipinski definition) is 5.